The van der Waals surface area contributed by atoms with Crippen molar-refractivity contribution in [3.8, 4) is 0 Å². The van der Waals surface area contributed by atoms with Gasteiger partial charge in [0.1, 0.15) is 0 Å². The zero-order valence-corrected chi connectivity index (χ0v) is 12.1. The topological polar surface area (TPSA) is 59.3 Å². The number of benzene rings is 1. The van der Waals surface area contributed by atoms with Crippen LogP contribution in [0, 0.1) is 0 Å². The van der Waals surface area contributed by atoms with E-state index in [2.05, 4.69) is 15.5 Å². The first-order valence-corrected chi connectivity index (χ1v) is 7.55. The molecule has 0 atom stereocenters. The Labute approximate surface area is 126 Å². The first kappa shape index (κ1) is 13.6. The van der Waals surface area contributed by atoms with E-state index in [9.17, 15) is 4.79 Å². The van der Waals surface area contributed by atoms with Gasteiger partial charge in [0.15, 0.2) is 10.8 Å². The second-order valence-electron chi connectivity index (χ2n) is 4.46. The van der Waals surface area contributed by atoms with E-state index in [4.69, 9.17) is 0 Å². The number of fused-ring (bicyclic) bond motifs is 1. The summed E-state index contributed by atoms with van der Waals surface area (Å²) < 4.78 is 1.87. The zero-order chi connectivity index (χ0) is 14.5. The van der Waals surface area contributed by atoms with Gasteiger partial charge < -0.3 is 5.32 Å². The van der Waals surface area contributed by atoms with E-state index in [1.54, 1.807) is 0 Å². The van der Waals surface area contributed by atoms with Crippen LogP contribution in [0.25, 0.3) is 5.65 Å². The summed E-state index contributed by atoms with van der Waals surface area (Å²) in [6.45, 7) is 0.542. The molecule has 0 radical (unpaired) electrons. The smallest absolute Gasteiger partial charge is 0.230 e. The van der Waals surface area contributed by atoms with Gasteiger partial charge >= 0.3 is 0 Å². The van der Waals surface area contributed by atoms with Crippen molar-refractivity contribution in [2.45, 2.75) is 11.7 Å². The number of carbonyl (C=O) groups is 1. The Morgan fingerprint density at radius 1 is 1.10 bits per heavy atom. The van der Waals surface area contributed by atoms with Crippen LogP contribution < -0.4 is 5.32 Å². The second kappa shape index (κ2) is 6.41. The molecule has 3 aromatic rings. The van der Waals surface area contributed by atoms with Gasteiger partial charge in [-0.2, -0.15) is 0 Å². The lowest BCUT2D eigenvalue weighted by atomic mass is 10.2. The summed E-state index contributed by atoms with van der Waals surface area (Å²) >= 11 is 1.38. The van der Waals surface area contributed by atoms with Gasteiger partial charge in [-0.15, -0.1) is 10.2 Å². The maximum atomic E-state index is 11.9. The van der Waals surface area contributed by atoms with Crippen molar-refractivity contribution in [2.24, 2.45) is 0 Å². The number of pyridine rings is 1. The Bertz CT molecular complexity index is 742. The molecular formula is C15H14N4OS. The third-order valence-electron chi connectivity index (χ3n) is 2.95. The lowest BCUT2D eigenvalue weighted by molar-refractivity contribution is -0.118. The summed E-state index contributed by atoms with van der Waals surface area (Å²) in [7, 11) is 0. The van der Waals surface area contributed by atoms with Crippen LogP contribution >= 0.6 is 11.8 Å². The van der Waals surface area contributed by atoms with E-state index in [0.29, 0.717) is 12.3 Å². The molecule has 0 unspecified atom stereocenters. The van der Waals surface area contributed by atoms with Gasteiger partial charge in [-0.25, -0.2) is 0 Å². The third-order valence-corrected chi connectivity index (χ3v) is 3.89. The van der Waals surface area contributed by atoms with Crippen molar-refractivity contribution in [1.29, 1.82) is 0 Å². The van der Waals surface area contributed by atoms with E-state index >= 15 is 0 Å². The highest BCUT2D eigenvalue weighted by Crippen LogP contribution is 2.16. The molecule has 0 spiro atoms. The van der Waals surface area contributed by atoms with Gasteiger partial charge in [-0.05, 0) is 17.7 Å². The molecule has 5 nitrogen and oxygen atoms in total. The number of hydrogen-bond acceptors (Lipinski definition) is 4. The lowest BCUT2D eigenvalue weighted by Gasteiger charge is -2.04. The van der Waals surface area contributed by atoms with Crippen LogP contribution in [0.4, 0.5) is 0 Å². The molecule has 0 bridgehead atoms. The molecule has 2 aromatic heterocycles. The molecule has 3 rings (SSSR count). The number of amides is 1. The second-order valence-corrected chi connectivity index (χ2v) is 5.40. The van der Waals surface area contributed by atoms with Crippen molar-refractivity contribution in [3.05, 3.63) is 60.3 Å². The minimum atomic E-state index is -0.0171. The zero-order valence-electron chi connectivity index (χ0n) is 11.3. The monoisotopic (exact) mass is 298 g/mol. The average Bonchev–Trinajstić information content (AvgIpc) is 2.95. The number of rotatable bonds is 5. The van der Waals surface area contributed by atoms with E-state index in [1.165, 1.54) is 11.8 Å². The van der Waals surface area contributed by atoms with E-state index in [0.717, 1.165) is 16.4 Å². The van der Waals surface area contributed by atoms with Crippen LogP contribution in [-0.2, 0) is 11.3 Å². The van der Waals surface area contributed by atoms with Crippen LogP contribution in [0.5, 0.6) is 0 Å². The molecule has 106 valence electrons. The molecule has 0 aliphatic heterocycles. The Morgan fingerprint density at radius 3 is 2.76 bits per heavy atom. The molecule has 1 N–H and O–H groups in total. The standard InChI is InChI=1S/C15H14N4OS/c20-14(16-10-12-6-2-1-3-7-12)11-21-15-18-17-13-8-4-5-9-19(13)15/h1-9H,10-11H2,(H,16,20). The summed E-state index contributed by atoms with van der Waals surface area (Å²) in [4.78, 5) is 11.9. The Balaban J connectivity index is 1.54. The summed E-state index contributed by atoms with van der Waals surface area (Å²) in [6.07, 6.45) is 1.89. The number of nitrogens with zero attached hydrogens (tertiary/aromatic N) is 3. The van der Waals surface area contributed by atoms with E-state index in [1.807, 2.05) is 59.1 Å². The van der Waals surface area contributed by atoms with E-state index < -0.39 is 0 Å². The van der Waals surface area contributed by atoms with Crippen molar-refractivity contribution >= 4 is 23.3 Å². The van der Waals surface area contributed by atoms with Gasteiger partial charge in [0.2, 0.25) is 5.91 Å². The molecule has 0 fully saturated rings. The predicted molar refractivity (Wildman–Crippen MR) is 82.0 cm³/mol. The molecule has 1 amide bonds. The first-order chi connectivity index (χ1) is 10.3. The van der Waals surface area contributed by atoms with Crippen molar-refractivity contribution in [2.75, 3.05) is 5.75 Å². The maximum Gasteiger partial charge on any atom is 0.230 e. The summed E-state index contributed by atoms with van der Waals surface area (Å²) in [5.74, 6) is 0.305. The highest BCUT2D eigenvalue weighted by molar-refractivity contribution is 7.99. The van der Waals surface area contributed by atoms with Crippen LogP contribution in [-0.4, -0.2) is 26.3 Å². The van der Waals surface area contributed by atoms with Gasteiger partial charge in [-0.3, -0.25) is 9.20 Å². The van der Waals surface area contributed by atoms with Crippen molar-refractivity contribution in [1.82, 2.24) is 19.9 Å². The fraction of sp³-hybridized carbons (Fsp3) is 0.133. The summed E-state index contributed by atoms with van der Waals surface area (Å²) in [6, 6.07) is 15.5. The highest BCUT2D eigenvalue weighted by Gasteiger charge is 2.08. The van der Waals surface area contributed by atoms with Crippen molar-refractivity contribution < 1.29 is 4.79 Å². The minimum Gasteiger partial charge on any atom is -0.351 e. The molecule has 0 saturated heterocycles. The van der Waals surface area contributed by atoms with Crippen LogP contribution in [0.2, 0.25) is 0 Å². The normalized spacial score (nSPS) is 10.7. The Hall–Kier alpha value is -2.34. The average molecular weight is 298 g/mol. The molecule has 0 aliphatic rings. The molecule has 2 heterocycles. The molecule has 21 heavy (non-hydrogen) atoms. The summed E-state index contributed by atoms with van der Waals surface area (Å²) in [5.41, 5.74) is 1.87. The maximum absolute atomic E-state index is 11.9. The predicted octanol–water partition coefficient (Wildman–Crippen LogP) is 2.14. The third kappa shape index (κ3) is 3.41. The van der Waals surface area contributed by atoms with Crippen LogP contribution in [0.15, 0.2) is 59.9 Å². The minimum absolute atomic E-state index is 0.0171. The largest absolute Gasteiger partial charge is 0.351 e. The van der Waals surface area contributed by atoms with Gasteiger partial charge in [-0.1, -0.05) is 48.2 Å². The number of nitrogens with one attached hydrogen (secondary N) is 1. The first-order valence-electron chi connectivity index (χ1n) is 6.56. The molecule has 0 aliphatic carbocycles. The summed E-state index contributed by atoms with van der Waals surface area (Å²) in [5, 5.41) is 11.7. The fourth-order valence-corrected chi connectivity index (χ4v) is 2.65. The number of aromatic nitrogens is 3. The Kier molecular flexibility index (Phi) is 4.16. The van der Waals surface area contributed by atoms with Crippen molar-refractivity contribution in [3.63, 3.8) is 0 Å². The number of hydrogen-bond donors (Lipinski definition) is 1. The molecule has 6 heteroatoms. The quantitative estimate of drug-likeness (QED) is 0.733. The lowest BCUT2D eigenvalue weighted by Crippen LogP contribution is -2.24. The highest BCUT2D eigenvalue weighted by atomic mass is 32.2. The Morgan fingerprint density at radius 2 is 1.90 bits per heavy atom. The number of thioether (sulfide) groups is 1. The van der Waals surface area contributed by atoms with Gasteiger partial charge in [0, 0.05) is 12.7 Å². The SMILES string of the molecule is O=C(CSc1nnc2ccccn12)NCc1ccccc1. The number of carbonyl (C=O) groups excluding carboxylic acids is 1. The molecule has 1 aromatic carbocycles. The van der Waals surface area contributed by atoms with Gasteiger partial charge in [0.05, 0.1) is 5.75 Å². The fourth-order valence-electron chi connectivity index (χ4n) is 1.90. The van der Waals surface area contributed by atoms with Crippen LogP contribution in [0.3, 0.4) is 0 Å². The molecular weight excluding hydrogens is 284 g/mol. The van der Waals surface area contributed by atoms with E-state index in [-0.39, 0.29) is 5.91 Å². The van der Waals surface area contributed by atoms with Crippen LogP contribution in [0.1, 0.15) is 5.56 Å². The molecule has 0 saturated carbocycles. The van der Waals surface area contributed by atoms with Gasteiger partial charge in [0.25, 0.3) is 0 Å².